The Hall–Kier alpha value is -4.24. The summed E-state index contributed by atoms with van der Waals surface area (Å²) in [4.78, 5) is 73.6. The van der Waals surface area contributed by atoms with Crippen LogP contribution in [0.25, 0.3) is 0 Å². The zero-order valence-electron chi connectivity index (χ0n) is 30.4. The van der Waals surface area contributed by atoms with Crippen molar-refractivity contribution in [3.63, 3.8) is 0 Å². The minimum Gasteiger partial charge on any atom is -0.460 e. The van der Waals surface area contributed by atoms with Crippen molar-refractivity contribution in [3.8, 4) is 0 Å². The number of hydrogen-bond acceptors (Lipinski definition) is 9. The molecule has 2 aromatic carbocycles. The van der Waals surface area contributed by atoms with Crippen molar-refractivity contribution < 1.29 is 28.7 Å². The van der Waals surface area contributed by atoms with Gasteiger partial charge in [0.05, 0.1) is 15.4 Å². The van der Waals surface area contributed by atoms with Crippen LogP contribution in [-0.4, -0.2) is 43.4 Å². The number of anilines is 1. The van der Waals surface area contributed by atoms with Crippen LogP contribution in [0, 0.1) is 0 Å². The fourth-order valence-corrected chi connectivity index (χ4v) is 6.14. The van der Waals surface area contributed by atoms with E-state index in [9.17, 15) is 28.8 Å². The highest BCUT2D eigenvalue weighted by Crippen LogP contribution is 2.22. The molecule has 0 aliphatic carbocycles. The maximum absolute atomic E-state index is 13.2. The summed E-state index contributed by atoms with van der Waals surface area (Å²) in [7, 11) is 0. The Morgan fingerprint density at radius 3 is 1.65 bits per heavy atom. The molecule has 0 saturated heterocycles. The fraction of sp³-hybridized carbons (Fsp3) is 0.316. The molecule has 0 aliphatic rings. The molecule has 0 aliphatic heterocycles. The van der Waals surface area contributed by atoms with Gasteiger partial charge >= 0.3 is 12.1 Å². The minimum absolute atomic E-state index is 0.0389. The van der Waals surface area contributed by atoms with E-state index in [0.717, 1.165) is 11.1 Å². The van der Waals surface area contributed by atoms with Crippen LogP contribution in [0.5, 0.6) is 0 Å². The third kappa shape index (κ3) is 13.6. The fourth-order valence-electron chi connectivity index (χ4n) is 4.75. The summed E-state index contributed by atoms with van der Waals surface area (Å²) in [5, 5.41) is -0.824. The molecule has 0 spiro atoms. The Morgan fingerprint density at radius 2 is 1.17 bits per heavy atom. The Bertz CT molecular complexity index is 2110. The summed E-state index contributed by atoms with van der Waals surface area (Å²) >= 11 is 17.8. The van der Waals surface area contributed by atoms with Gasteiger partial charge in [0.25, 0.3) is 5.24 Å². The lowest BCUT2D eigenvalue weighted by Gasteiger charge is -2.22. The smallest absolute Gasteiger partial charge is 0.426 e. The third-order valence-corrected chi connectivity index (χ3v) is 8.66. The van der Waals surface area contributed by atoms with Gasteiger partial charge in [-0.2, -0.15) is 0 Å². The highest BCUT2D eigenvalue weighted by molar-refractivity contribution is 9.10. The molecule has 0 atom stereocenters. The summed E-state index contributed by atoms with van der Waals surface area (Å²) in [6.45, 7) is 11.1. The van der Waals surface area contributed by atoms with Crippen LogP contribution < -0.4 is 21.7 Å². The molecular formula is C38H40Br2Cl2N4O8. The van der Waals surface area contributed by atoms with Gasteiger partial charge in [0.1, 0.15) is 33.3 Å². The number of hydrogen-bond donors (Lipinski definition) is 2. The second kappa shape index (κ2) is 19.4. The Morgan fingerprint density at radius 1 is 0.704 bits per heavy atom. The third-order valence-electron chi connectivity index (χ3n) is 6.93. The number of Topliss-reactive ketones (excluding diaryl/α,β-unsaturated/α-hetero) is 1. The highest BCUT2D eigenvalue weighted by atomic mass is 79.9. The van der Waals surface area contributed by atoms with Crippen LogP contribution in [0.2, 0.25) is 5.15 Å². The molecule has 12 nitrogen and oxygen atoms in total. The van der Waals surface area contributed by atoms with Gasteiger partial charge in [-0.25, -0.2) is 10.2 Å². The predicted octanol–water partition coefficient (Wildman–Crippen LogP) is 8.51. The quantitative estimate of drug-likeness (QED) is 0.0496. The lowest BCUT2D eigenvalue weighted by molar-refractivity contribution is -0.154. The molecule has 16 heteroatoms. The van der Waals surface area contributed by atoms with Crippen molar-refractivity contribution in [3.05, 3.63) is 130 Å². The van der Waals surface area contributed by atoms with Gasteiger partial charge in [-0.05, 0) is 96.1 Å². The van der Waals surface area contributed by atoms with Crippen LogP contribution in [0.4, 0.5) is 10.6 Å². The van der Waals surface area contributed by atoms with Crippen molar-refractivity contribution in [1.29, 1.82) is 0 Å². The lowest BCUT2D eigenvalue weighted by atomic mass is 10.1. The van der Waals surface area contributed by atoms with E-state index in [1.165, 1.54) is 6.20 Å². The number of carbonyl (C=O) groups excluding carboxylic acids is 4. The maximum Gasteiger partial charge on any atom is 0.426 e. The molecule has 288 valence electrons. The summed E-state index contributed by atoms with van der Waals surface area (Å²) in [5.74, 6) is -1.05. The van der Waals surface area contributed by atoms with E-state index in [4.69, 9.17) is 32.7 Å². The first kappa shape index (κ1) is 44.2. The van der Waals surface area contributed by atoms with Gasteiger partial charge in [-0.1, -0.05) is 72.3 Å². The molecule has 54 heavy (non-hydrogen) atoms. The summed E-state index contributed by atoms with van der Waals surface area (Å²) in [6, 6.07) is 18.9. The van der Waals surface area contributed by atoms with E-state index in [1.54, 1.807) is 56.9 Å². The van der Waals surface area contributed by atoms with Crippen molar-refractivity contribution in [1.82, 2.24) is 14.6 Å². The first-order valence-electron chi connectivity index (χ1n) is 16.5. The van der Waals surface area contributed by atoms with E-state index in [-0.39, 0.29) is 43.9 Å². The first-order valence-corrected chi connectivity index (χ1v) is 18.8. The maximum atomic E-state index is 13.2. The normalized spacial score (nSPS) is 11.1. The van der Waals surface area contributed by atoms with E-state index in [0.29, 0.717) is 13.1 Å². The molecule has 0 saturated carbocycles. The number of nitrogens with one attached hydrogen (secondary N) is 2. The van der Waals surface area contributed by atoms with Gasteiger partial charge in [-0.15, -0.1) is 0 Å². The van der Waals surface area contributed by atoms with E-state index in [1.807, 2.05) is 60.7 Å². The number of halogens is 4. The first-order chi connectivity index (χ1) is 25.2. The van der Waals surface area contributed by atoms with Crippen LogP contribution in [-0.2, 0) is 27.4 Å². The topological polar surface area (TPSA) is 155 Å². The van der Waals surface area contributed by atoms with Crippen molar-refractivity contribution >= 4 is 84.0 Å². The molecule has 1 amide bonds. The number of ketones is 1. The van der Waals surface area contributed by atoms with Crippen molar-refractivity contribution in [2.45, 2.75) is 78.7 Å². The zero-order chi connectivity index (χ0) is 40.4. The van der Waals surface area contributed by atoms with Crippen molar-refractivity contribution in [2.24, 2.45) is 0 Å². The van der Waals surface area contributed by atoms with Gasteiger partial charge in [0.2, 0.25) is 10.9 Å². The molecule has 2 heterocycles. The number of rotatable bonds is 11. The predicted molar refractivity (Wildman–Crippen MR) is 215 cm³/mol. The summed E-state index contributed by atoms with van der Waals surface area (Å²) < 4.78 is 14.1. The van der Waals surface area contributed by atoms with Crippen LogP contribution >= 0.6 is 55.1 Å². The average molecular weight is 911 g/mol. The molecule has 0 fully saturated rings. The summed E-state index contributed by atoms with van der Waals surface area (Å²) in [5.41, 5.74) is 4.03. The summed E-state index contributed by atoms with van der Waals surface area (Å²) in [6.07, 6.45) is 1.85. The standard InChI is InChI=1S/C25H32BrN3O6.C13H8BrCl2NO2/c1-24(2,3)34-19(31)13-12-18(30)20-21(32)17(26)15-29(14-16-10-8-7-9-11-16)22(20)27-28-23(33)35-25(4,5)6;14-9-7-17(6-8-4-2-1-3-5-8)12(15)10(11(9)18)13(16)19/h7-11,15,27H,12-14H2,1-6H3,(H,28,33);1-5,7H,6H2. The molecular weight excluding hydrogens is 871 g/mol. The van der Waals surface area contributed by atoms with E-state index >= 15 is 0 Å². The lowest BCUT2D eigenvalue weighted by Crippen LogP contribution is -2.38. The largest absolute Gasteiger partial charge is 0.460 e. The molecule has 4 rings (SSSR count). The number of ether oxygens (including phenoxy) is 2. The number of nitrogens with zero attached hydrogens (tertiary/aromatic N) is 2. The molecule has 2 aromatic heterocycles. The van der Waals surface area contributed by atoms with Gasteiger partial charge in [0.15, 0.2) is 5.78 Å². The van der Waals surface area contributed by atoms with Gasteiger partial charge < -0.3 is 18.6 Å². The number of aromatic nitrogens is 2. The van der Waals surface area contributed by atoms with Crippen LogP contribution in [0.15, 0.2) is 91.6 Å². The number of carbonyl (C=O) groups is 4. The van der Waals surface area contributed by atoms with Crippen LogP contribution in [0.1, 0.15) is 86.2 Å². The Balaban J connectivity index is 0.000000345. The number of esters is 1. The minimum atomic E-state index is -0.863. The number of pyridine rings is 2. The Labute approximate surface area is 339 Å². The second-order valence-electron chi connectivity index (χ2n) is 13.8. The Kier molecular flexibility index (Phi) is 15.8. The number of amides is 1. The zero-order valence-corrected chi connectivity index (χ0v) is 35.1. The number of hydrazine groups is 1. The van der Waals surface area contributed by atoms with Gasteiger partial charge in [0, 0.05) is 31.9 Å². The molecule has 2 N–H and O–H groups in total. The molecule has 4 aromatic rings. The molecule has 0 unspecified atom stereocenters. The average Bonchev–Trinajstić information content (AvgIpc) is 3.06. The number of benzene rings is 2. The second-order valence-corrected chi connectivity index (χ2v) is 16.2. The van der Waals surface area contributed by atoms with Gasteiger partial charge in [-0.3, -0.25) is 29.4 Å². The molecule has 0 radical (unpaired) electrons. The van der Waals surface area contributed by atoms with Crippen LogP contribution in [0.3, 0.4) is 0 Å². The van der Waals surface area contributed by atoms with Crippen molar-refractivity contribution in [2.75, 3.05) is 5.43 Å². The SMILES string of the molecule is CC(C)(C)OC(=O)CCC(=O)c1c(NNC(=O)OC(C)(C)C)n(Cc2ccccc2)cc(Br)c1=O.O=C(Cl)c1c(Cl)n(Cc2ccccc2)cc(Br)c1=O. The molecule has 0 bridgehead atoms. The highest BCUT2D eigenvalue weighted by Gasteiger charge is 2.25. The van der Waals surface area contributed by atoms with E-state index < -0.39 is 45.1 Å². The van der Waals surface area contributed by atoms with E-state index in [2.05, 4.69) is 42.7 Å². The monoisotopic (exact) mass is 908 g/mol.